The number of amides is 1. The molecule has 2 aromatic carbocycles. The van der Waals surface area contributed by atoms with Gasteiger partial charge >= 0.3 is 0 Å². The molecule has 1 N–H and O–H groups in total. The van der Waals surface area contributed by atoms with Crippen molar-refractivity contribution in [2.75, 3.05) is 6.54 Å². The Morgan fingerprint density at radius 2 is 2.05 bits per heavy atom. The molecule has 0 unspecified atom stereocenters. The van der Waals surface area contributed by atoms with Gasteiger partial charge in [-0.25, -0.2) is 4.39 Å². The van der Waals surface area contributed by atoms with Crippen LogP contribution in [0.2, 0.25) is 0 Å². The lowest BCUT2D eigenvalue weighted by Gasteiger charge is -2.07. The molecule has 0 saturated carbocycles. The molecule has 0 fully saturated rings. The first-order chi connectivity index (χ1) is 9.56. The van der Waals surface area contributed by atoms with Crippen molar-refractivity contribution in [2.24, 2.45) is 0 Å². The highest BCUT2D eigenvalue weighted by atomic mass is 127. The van der Waals surface area contributed by atoms with Crippen molar-refractivity contribution >= 4 is 28.5 Å². The van der Waals surface area contributed by atoms with Crippen LogP contribution >= 0.6 is 22.6 Å². The minimum absolute atomic E-state index is 0.165. The van der Waals surface area contributed by atoms with Gasteiger partial charge < -0.3 is 5.32 Å². The normalized spacial score (nSPS) is 10.3. The molecule has 20 heavy (non-hydrogen) atoms. The van der Waals surface area contributed by atoms with Crippen molar-refractivity contribution in [1.82, 2.24) is 5.32 Å². The van der Waals surface area contributed by atoms with Crippen LogP contribution in [0.3, 0.4) is 0 Å². The van der Waals surface area contributed by atoms with E-state index in [1.807, 2.05) is 47.7 Å². The van der Waals surface area contributed by atoms with E-state index in [-0.39, 0.29) is 11.7 Å². The first-order valence-corrected chi connectivity index (χ1v) is 7.43. The van der Waals surface area contributed by atoms with Gasteiger partial charge in [0.15, 0.2) is 0 Å². The Hall–Kier alpha value is -1.43. The van der Waals surface area contributed by atoms with Crippen LogP contribution in [0.15, 0.2) is 42.5 Å². The fourth-order valence-electron chi connectivity index (χ4n) is 1.96. The van der Waals surface area contributed by atoms with Crippen molar-refractivity contribution in [3.8, 4) is 0 Å². The minimum Gasteiger partial charge on any atom is -0.352 e. The number of aryl methyl sites for hydroxylation is 1. The second-order valence-corrected chi connectivity index (χ2v) is 5.78. The van der Waals surface area contributed by atoms with Gasteiger partial charge in [-0.05, 0) is 59.7 Å². The maximum absolute atomic E-state index is 13.0. The molecule has 0 atom stereocenters. The van der Waals surface area contributed by atoms with E-state index in [9.17, 15) is 9.18 Å². The second-order valence-electron chi connectivity index (χ2n) is 4.62. The van der Waals surface area contributed by atoms with Crippen LogP contribution in [-0.2, 0) is 6.42 Å². The molecular weight excluding hydrogens is 368 g/mol. The van der Waals surface area contributed by atoms with Crippen molar-refractivity contribution in [3.63, 3.8) is 0 Å². The average Bonchev–Trinajstić information content (AvgIpc) is 2.38. The summed E-state index contributed by atoms with van der Waals surface area (Å²) in [5.74, 6) is -0.493. The van der Waals surface area contributed by atoms with Crippen LogP contribution in [0.25, 0.3) is 0 Å². The molecule has 0 aliphatic heterocycles. The molecule has 0 aliphatic rings. The fraction of sp³-hybridized carbons (Fsp3) is 0.188. The molecule has 0 heterocycles. The van der Waals surface area contributed by atoms with E-state index in [2.05, 4.69) is 11.4 Å². The van der Waals surface area contributed by atoms with E-state index in [4.69, 9.17) is 0 Å². The van der Waals surface area contributed by atoms with E-state index < -0.39 is 0 Å². The van der Waals surface area contributed by atoms with Crippen LogP contribution < -0.4 is 5.32 Å². The van der Waals surface area contributed by atoms with Crippen LogP contribution in [0.1, 0.15) is 21.5 Å². The zero-order valence-electron chi connectivity index (χ0n) is 11.1. The van der Waals surface area contributed by atoms with E-state index in [1.54, 1.807) is 0 Å². The lowest BCUT2D eigenvalue weighted by molar-refractivity contribution is 0.0953. The number of halogens is 2. The first kappa shape index (κ1) is 15.0. The number of carbonyl (C=O) groups excluding carboxylic acids is 1. The zero-order chi connectivity index (χ0) is 14.5. The van der Waals surface area contributed by atoms with E-state index in [0.717, 1.165) is 6.42 Å². The summed E-state index contributed by atoms with van der Waals surface area (Å²) in [5.41, 5.74) is 2.91. The summed E-state index contributed by atoms with van der Waals surface area (Å²) in [6.45, 7) is 2.61. The third-order valence-electron chi connectivity index (χ3n) is 2.96. The molecule has 0 spiro atoms. The predicted molar refractivity (Wildman–Crippen MR) is 86.3 cm³/mol. The van der Waals surface area contributed by atoms with Gasteiger partial charge in [0.05, 0.1) is 5.56 Å². The Bertz CT molecular complexity index is 628. The van der Waals surface area contributed by atoms with Gasteiger partial charge in [0.2, 0.25) is 0 Å². The molecule has 1 amide bonds. The molecule has 104 valence electrons. The third kappa shape index (κ3) is 4.03. The maximum atomic E-state index is 13.0. The minimum atomic E-state index is -0.328. The zero-order valence-corrected chi connectivity index (χ0v) is 13.3. The van der Waals surface area contributed by atoms with Gasteiger partial charge in [0.25, 0.3) is 5.91 Å². The molecule has 2 rings (SSSR count). The van der Waals surface area contributed by atoms with Crippen LogP contribution in [-0.4, -0.2) is 12.5 Å². The lowest BCUT2D eigenvalue weighted by Crippen LogP contribution is -2.26. The van der Waals surface area contributed by atoms with E-state index in [1.165, 1.54) is 29.3 Å². The topological polar surface area (TPSA) is 29.1 Å². The first-order valence-electron chi connectivity index (χ1n) is 6.35. The van der Waals surface area contributed by atoms with Crippen LogP contribution in [0.5, 0.6) is 0 Å². The molecule has 0 bridgehead atoms. The Morgan fingerprint density at radius 3 is 2.75 bits per heavy atom. The van der Waals surface area contributed by atoms with E-state index >= 15 is 0 Å². The fourth-order valence-corrected chi connectivity index (χ4v) is 2.68. The molecule has 2 nitrogen and oxygen atoms in total. The predicted octanol–water partition coefficient (Wildman–Crippen LogP) is 3.71. The maximum Gasteiger partial charge on any atom is 0.252 e. The highest BCUT2D eigenvalue weighted by Crippen LogP contribution is 2.13. The Labute approximate surface area is 131 Å². The van der Waals surface area contributed by atoms with Gasteiger partial charge in [-0.15, -0.1) is 0 Å². The van der Waals surface area contributed by atoms with E-state index in [0.29, 0.717) is 15.7 Å². The van der Waals surface area contributed by atoms with Gasteiger partial charge in [-0.3, -0.25) is 4.79 Å². The van der Waals surface area contributed by atoms with Crippen LogP contribution in [0, 0.1) is 16.3 Å². The second kappa shape index (κ2) is 6.83. The van der Waals surface area contributed by atoms with Crippen molar-refractivity contribution in [1.29, 1.82) is 0 Å². The summed E-state index contributed by atoms with van der Waals surface area (Å²) in [4.78, 5) is 12.0. The Morgan fingerprint density at radius 1 is 1.25 bits per heavy atom. The molecule has 0 radical (unpaired) electrons. The summed E-state index contributed by atoms with van der Waals surface area (Å²) < 4.78 is 13.6. The summed E-state index contributed by atoms with van der Waals surface area (Å²) in [7, 11) is 0. The molecular formula is C16H15FINO. The van der Waals surface area contributed by atoms with Crippen molar-refractivity contribution in [3.05, 3.63) is 68.5 Å². The molecule has 0 aliphatic carbocycles. The Balaban J connectivity index is 1.92. The van der Waals surface area contributed by atoms with Gasteiger partial charge in [0, 0.05) is 10.1 Å². The smallest absolute Gasteiger partial charge is 0.252 e. The standard InChI is InChI=1S/C16H15FINO/c1-11-3-2-4-12(9-11)7-8-19-16(20)14-6-5-13(17)10-15(14)18/h2-6,9-10H,7-8H2,1H3,(H,19,20). The number of nitrogens with one attached hydrogen (secondary N) is 1. The highest BCUT2D eigenvalue weighted by molar-refractivity contribution is 14.1. The largest absolute Gasteiger partial charge is 0.352 e. The van der Waals surface area contributed by atoms with Crippen LogP contribution in [0.4, 0.5) is 4.39 Å². The summed E-state index contributed by atoms with van der Waals surface area (Å²) >= 11 is 1.97. The molecule has 0 aromatic heterocycles. The van der Waals surface area contributed by atoms with Gasteiger partial charge in [-0.1, -0.05) is 29.8 Å². The number of hydrogen-bond acceptors (Lipinski definition) is 1. The molecule has 2 aromatic rings. The number of rotatable bonds is 4. The third-order valence-corrected chi connectivity index (χ3v) is 3.85. The van der Waals surface area contributed by atoms with Crippen molar-refractivity contribution < 1.29 is 9.18 Å². The number of hydrogen-bond donors (Lipinski definition) is 1. The summed E-state index contributed by atoms with van der Waals surface area (Å²) in [6, 6.07) is 12.4. The number of benzene rings is 2. The van der Waals surface area contributed by atoms with Gasteiger partial charge in [-0.2, -0.15) is 0 Å². The SMILES string of the molecule is Cc1cccc(CCNC(=O)c2ccc(F)cc2I)c1. The quantitative estimate of drug-likeness (QED) is 0.802. The number of carbonyl (C=O) groups is 1. The lowest BCUT2D eigenvalue weighted by atomic mass is 10.1. The highest BCUT2D eigenvalue weighted by Gasteiger charge is 2.09. The van der Waals surface area contributed by atoms with Crippen molar-refractivity contribution in [2.45, 2.75) is 13.3 Å². The van der Waals surface area contributed by atoms with Gasteiger partial charge in [0.1, 0.15) is 5.82 Å². The molecule has 0 saturated heterocycles. The molecule has 4 heteroatoms. The monoisotopic (exact) mass is 383 g/mol. The summed E-state index contributed by atoms with van der Waals surface area (Å²) in [6.07, 6.45) is 0.783. The summed E-state index contributed by atoms with van der Waals surface area (Å²) in [5, 5.41) is 2.86. The average molecular weight is 383 g/mol. The Kier molecular flexibility index (Phi) is 5.11.